The number of ether oxygens (including phenoxy) is 1. The van der Waals surface area contributed by atoms with Crippen molar-refractivity contribution in [2.75, 3.05) is 0 Å². The Morgan fingerprint density at radius 2 is 1.76 bits per heavy atom. The van der Waals surface area contributed by atoms with Gasteiger partial charge in [-0.1, -0.05) is 48.9 Å². The lowest BCUT2D eigenvalue weighted by molar-refractivity contribution is -0.115. The van der Waals surface area contributed by atoms with E-state index in [1.54, 1.807) is 0 Å². The van der Waals surface area contributed by atoms with Gasteiger partial charge in [0.15, 0.2) is 5.17 Å². The minimum atomic E-state index is -0.135. The first-order valence-corrected chi connectivity index (χ1v) is 13.6. The van der Waals surface area contributed by atoms with Gasteiger partial charge in [0.2, 0.25) is 0 Å². The quantitative estimate of drug-likeness (QED) is 0.243. The largest absolute Gasteiger partial charge is 0.489 e. The summed E-state index contributed by atoms with van der Waals surface area (Å²) in [6.07, 6.45) is 2.91. The van der Waals surface area contributed by atoms with E-state index in [4.69, 9.17) is 16.3 Å². The highest BCUT2D eigenvalue weighted by atomic mass is 35.5. The standard InChI is InChI=1S/C31H28ClN3O2S/c1-4-22-9-11-25(12-10-22)33-31-34-30(36)29(38-31)18-24-17-20(2)35(21(24)3)26-13-15-27(16-14-26)37-19-23-7-5-6-8-28(23)32/h5-18H,4,19H2,1-3H3,(H,33,34,36)/b29-18-. The monoisotopic (exact) mass is 541 g/mol. The van der Waals surface area contributed by atoms with Crippen LogP contribution in [0.5, 0.6) is 5.75 Å². The van der Waals surface area contributed by atoms with Gasteiger partial charge in [0, 0.05) is 27.7 Å². The Morgan fingerprint density at radius 3 is 2.47 bits per heavy atom. The Balaban J connectivity index is 1.31. The fourth-order valence-corrected chi connectivity index (χ4v) is 5.37. The third-order valence-corrected chi connectivity index (χ3v) is 7.71. The third kappa shape index (κ3) is 5.72. The Morgan fingerprint density at radius 1 is 1.03 bits per heavy atom. The van der Waals surface area contributed by atoms with Crippen molar-refractivity contribution in [1.29, 1.82) is 0 Å². The van der Waals surface area contributed by atoms with Gasteiger partial charge in [-0.3, -0.25) is 4.79 Å². The molecule has 0 atom stereocenters. The highest BCUT2D eigenvalue weighted by Crippen LogP contribution is 2.31. The molecule has 0 saturated carbocycles. The van der Waals surface area contributed by atoms with Crippen molar-refractivity contribution in [3.63, 3.8) is 0 Å². The van der Waals surface area contributed by atoms with Crippen LogP contribution in [0.25, 0.3) is 11.8 Å². The van der Waals surface area contributed by atoms with Crippen molar-refractivity contribution < 1.29 is 9.53 Å². The number of hydrogen-bond donors (Lipinski definition) is 1. The van der Waals surface area contributed by atoms with Gasteiger partial charge in [0.25, 0.3) is 5.91 Å². The molecule has 3 aromatic carbocycles. The van der Waals surface area contributed by atoms with Crippen molar-refractivity contribution in [1.82, 2.24) is 9.88 Å². The van der Waals surface area contributed by atoms with Crippen molar-refractivity contribution >= 4 is 46.2 Å². The van der Waals surface area contributed by atoms with Crippen molar-refractivity contribution in [3.05, 3.63) is 117 Å². The number of hydrogen-bond acceptors (Lipinski definition) is 4. The minimum absolute atomic E-state index is 0.135. The van der Waals surface area contributed by atoms with Gasteiger partial charge in [-0.25, -0.2) is 4.99 Å². The molecule has 1 fully saturated rings. The van der Waals surface area contributed by atoms with Crippen molar-refractivity contribution in [3.8, 4) is 11.4 Å². The van der Waals surface area contributed by atoms with Crippen LogP contribution < -0.4 is 10.1 Å². The number of nitrogens with zero attached hydrogens (tertiary/aromatic N) is 2. The lowest BCUT2D eigenvalue weighted by atomic mass is 10.2. The highest BCUT2D eigenvalue weighted by molar-refractivity contribution is 8.18. The fraction of sp³-hybridized carbons (Fsp3) is 0.161. The molecule has 1 aliphatic rings. The van der Waals surface area contributed by atoms with E-state index in [-0.39, 0.29) is 5.91 Å². The molecule has 5 nitrogen and oxygen atoms in total. The topological polar surface area (TPSA) is 55.6 Å². The smallest absolute Gasteiger partial charge is 0.264 e. The molecule has 4 aromatic rings. The molecule has 5 rings (SSSR count). The van der Waals surface area contributed by atoms with Gasteiger partial charge in [-0.2, -0.15) is 0 Å². The van der Waals surface area contributed by atoms with Crippen molar-refractivity contribution in [2.45, 2.75) is 33.8 Å². The Bertz CT molecular complexity index is 1540. The molecule has 1 aliphatic heterocycles. The summed E-state index contributed by atoms with van der Waals surface area (Å²) in [4.78, 5) is 17.9. The van der Waals surface area contributed by atoms with Crippen LogP contribution in [-0.2, 0) is 17.8 Å². The van der Waals surface area contributed by atoms with E-state index < -0.39 is 0 Å². The Labute approximate surface area is 232 Å². The van der Waals surface area contributed by atoms with E-state index in [1.807, 2.05) is 66.7 Å². The van der Waals surface area contributed by atoms with E-state index in [1.165, 1.54) is 17.3 Å². The van der Waals surface area contributed by atoms with E-state index in [0.29, 0.717) is 21.7 Å². The van der Waals surface area contributed by atoms with E-state index in [2.05, 4.69) is 53.8 Å². The third-order valence-electron chi connectivity index (χ3n) is 6.43. The molecular weight excluding hydrogens is 514 g/mol. The Hall–Kier alpha value is -3.74. The highest BCUT2D eigenvalue weighted by Gasteiger charge is 2.24. The number of carbonyl (C=O) groups excluding carboxylic acids is 1. The molecule has 1 amide bonds. The van der Waals surface area contributed by atoms with Crippen LogP contribution >= 0.6 is 23.4 Å². The summed E-state index contributed by atoms with van der Waals surface area (Å²) in [5.41, 5.74) is 7.17. The van der Waals surface area contributed by atoms with Gasteiger partial charge in [0.1, 0.15) is 12.4 Å². The molecule has 7 heteroatoms. The summed E-state index contributed by atoms with van der Waals surface area (Å²) in [5, 5.41) is 4.17. The molecule has 0 bridgehead atoms. The summed E-state index contributed by atoms with van der Waals surface area (Å²) < 4.78 is 8.11. The summed E-state index contributed by atoms with van der Waals surface area (Å²) in [6, 6.07) is 25.8. The van der Waals surface area contributed by atoms with E-state index >= 15 is 0 Å². The zero-order valence-corrected chi connectivity index (χ0v) is 23.1. The molecule has 1 aromatic heterocycles. The summed E-state index contributed by atoms with van der Waals surface area (Å²) in [7, 11) is 0. The first kappa shape index (κ1) is 25.9. The summed E-state index contributed by atoms with van der Waals surface area (Å²) in [5.74, 6) is 0.636. The number of benzene rings is 3. The van der Waals surface area contributed by atoms with Gasteiger partial charge in [-0.15, -0.1) is 0 Å². The van der Waals surface area contributed by atoms with Gasteiger partial charge < -0.3 is 14.6 Å². The van der Waals surface area contributed by atoms with Crippen LogP contribution in [-0.4, -0.2) is 15.6 Å². The normalized spacial score (nSPS) is 15.3. The van der Waals surface area contributed by atoms with Crippen LogP contribution in [0, 0.1) is 13.8 Å². The summed E-state index contributed by atoms with van der Waals surface area (Å²) >= 11 is 7.60. The second-order valence-electron chi connectivity index (χ2n) is 9.04. The number of carbonyl (C=O) groups is 1. The molecule has 0 radical (unpaired) electrons. The number of amidine groups is 1. The number of halogens is 1. The van der Waals surface area contributed by atoms with Gasteiger partial charge >= 0.3 is 0 Å². The molecule has 1 saturated heterocycles. The number of aliphatic imine (C=N–C) groups is 1. The molecule has 2 heterocycles. The first-order valence-electron chi connectivity index (χ1n) is 12.5. The van der Waals surface area contributed by atoms with E-state index in [9.17, 15) is 4.79 Å². The number of rotatable bonds is 7. The number of aryl methyl sites for hydroxylation is 2. The van der Waals surface area contributed by atoms with Gasteiger partial charge in [0.05, 0.1) is 10.6 Å². The zero-order valence-electron chi connectivity index (χ0n) is 21.5. The SMILES string of the molecule is CCc1ccc(N=C2NC(=O)/C(=C/c3cc(C)n(-c4ccc(OCc5ccccc5Cl)cc4)c3C)S2)cc1. The predicted molar refractivity (Wildman–Crippen MR) is 158 cm³/mol. The van der Waals surface area contributed by atoms with Crippen LogP contribution in [0.15, 0.2) is 88.8 Å². The molecule has 38 heavy (non-hydrogen) atoms. The first-order chi connectivity index (χ1) is 18.4. The average molecular weight is 542 g/mol. The second-order valence-corrected chi connectivity index (χ2v) is 10.5. The van der Waals surface area contributed by atoms with Crippen LogP contribution in [0.3, 0.4) is 0 Å². The molecule has 0 spiro atoms. The van der Waals surface area contributed by atoms with Crippen LogP contribution in [0.4, 0.5) is 5.69 Å². The fourth-order valence-electron chi connectivity index (χ4n) is 4.34. The Kier molecular flexibility index (Phi) is 7.72. The average Bonchev–Trinajstić information content (AvgIpc) is 3.41. The number of thioether (sulfide) groups is 1. The van der Waals surface area contributed by atoms with Gasteiger partial charge in [-0.05, 0) is 97.8 Å². The van der Waals surface area contributed by atoms with Crippen LogP contribution in [0.1, 0.15) is 35.0 Å². The number of nitrogens with one attached hydrogen (secondary N) is 1. The molecule has 1 N–H and O–H groups in total. The minimum Gasteiger partial charge on any atom is -0.489 e. The van der Waals surface area contributed by atoms with Crippen molar-refractivity contribution in [2.24, 2.45) is 4.99 Å². The molecular formula is C31H28ClN3O2S. The molecule has 0 aliphatic carbocycles. The number of aromatic nitrogens is 1. The molecule has 192 valence electrons. The second kappa shape index (κ2) is 11.3. The molecule has 0 unspecified atom stereocenters. The lowest BCUT2D eigenvalue weighted by Crippen LogP contribution is -2.19. The maximum Gasteiger partial charge on any atom is 0.264 e. The summed E-state index contributed by atoms with van der Waals surface area (Å²) in [6.45, 7) is 6.65. The maximum atomic E-state index is 12.7. The lowest BCUT2D eigenvalue weighted by Gasteiger charge is -2.12. The number of amides is 1. The van der Waals surface area contributed by atoms with E-state index in [0.717, 1.165) is 46.1 Å². The van der Waals surface area contributed by atoms with Crippen LogP contribution in [0.2, 0.25) is 5.02 Å². The predicted octanol–water partition coefficient (Wildman–Crippen LogP) is 7.78. The maximum absolute atomic E-state index is 12.7. The zero-order chi connectivity index (χ0) is 26.6.